The molecule has 0 unspecified atom stereocenters. The van der Waals surface area contributed by atoms with E-state index in [0.717, 1.165) is 76.4 Å². The fraction of sp³-hybridized carbons (Fsp3) is 0.609. The van der Waals surface area contributed by atoms with Gasteiger partial charge in [0.2, 0.25) is 5.91 Å². The van der Waals surface area contributed by atoms with Gasteiger partial charge >= 0.3 is 0 Å². The third-order valence-electron chi connectivity index (χ3n) is 5.69. The average molecular weight is 559 g/mol. The highest BCUT2D eigenvalue weighted by atomic mass is 127. The fourth-order valence-electron chi connectivity index (χ4n) is 3.77. The average Bonchev–Trinajstić information content (AvgIpc) is 2.77. The SMILES string of the molecule is CN=C(NCCCCN1CCC(C(N)=O)CC1)NCCc1cccc(C(=O)N(C)C)c1.I. The van der Waals surface area contributed by atoms with Crippen LogP contribution in [0.25, 0.3) is 0 Å². The highest BCUT2D eigenvalue weighted by Crippen LogP contribution is 2.16. The van der Waals surface area contributed by atoms with Crippen molar-refractivity contribution < 1.29 is 9.59 Å². The normalized spacial score (nSPS) is 15.0. The molecule has 0 bridgehead atoms. The van der Waals surface area contributed by atoms with Crippen molar-refractivity contribution >= 4 is 41.8 Å². The van der Waals surface area contributed by atoms with Crippen LogP contribution in [0.15, 0.2) is 29.3 Å². The molecule has 1 saturated heterocycles. The third-order valence-corrected chi connectivity index (χ3v) is 5.69. The smallest absolute Gasteiger partial charge is 0.253 e. The van der Waals surface area contributed by atoms with Gasteiger partial charge in [-0.05, 0) is 69.4 Å². The van der Waals surface area contributed by atoms with E-state index in [2.05, 4.69) is 20.5 Å². The standard InChI is InChI=1S/C23H38N6O2.HI/c1-25-23(26-12-4-5-14-29-15-10-19(11-16-29)21(24)30)27-13-9-18-7-6-8-20(17-18)22(31)28(2)3;/h6-8,17,19H,4-5,9-16H2,1-3H3,(H2,24,30)(H2,25,26,27);1H. The van der Waals surface area contributed by atoms with E-state index in [1.807, 2.05) is 24.3 Å². The zero-order valence-corrected chi connectivity index (χ0v) is 21.9. The van der Waals surface area contributed by atoms with Crippen LogP contribution >= 0.6 is 24.0 Å². The molecule has 0 aliphatic carbocycles. The highest BCUT2D eigenvalue weighted by Gasteiger charge is 2.22. The van der Waals surface area contributed by atoms with Crippen molar-refractivity contribution in [3.8, 4) is 0 Å². The lowest BCUT2D eigenvalue weighted by Crippen LogP contribution is -2.40. The molecule has 0 radical (unpaired) electrons. The Hall–Kier alpha value is -1.88. The number of nitrogens with one attached hydrogen (secondary N) is 2. The van der Waals surface area contributed by atoms with E-state index in [9.17, 15) is 9.59 Å². The molecule has 0 aromatic heterocycles. The van der Waals surface area contributed by atoms with E-state index < -0.39 is 0 Å². The van der Waals surface area contributed by atoms with Gasteiger partial charge in [-0.2, -0.15) is 0 Å². The summed E-state index contributed by atoms with van der Waals surface area (Å²) in [6, 6.07) is 7.76. The third kappa shape index (κ3) is 9.72. The number of hydrogen-bond donors (Lipinski definition) is 3. The zero-order valence-electron chi connectivity index (χ0n) is 19.6. The van der Waals surface area contributed by atoms with Crippen LogP contribution in [0.2, 0.25) is 0 Å². The number of nitrogens with zero attached hydrogens (tertiary/aromatic N) is 3. The van der Waals surface area contributed by atoms with Crippen LogP contribution in [0.1, 0.15) is 41.6 Å². The lowest BCUT2D eigenvalue weighted by molar-refractivity contribution is -0.123. The largest absolute Gasteiger partial charge is 0.369 e. The number of primary amides is 1. The summed E-state index contributed by atoms with van der Waals surface area (Å²) in [7, 11) is 5.30. The maximum absolute atomic E-state index is 12.1. The number of halogens is 1. The molecule has 9 heteroatoms. The first-order valence-electron chi connectivity index (χ1n) is 11.2. The highest BCUT2D eigenvalue weighted by molar-refractivity contribution is 14.0. The maximum atomic E-state index is 12.1. The van der Waals surface area contributed by atoms with Crippen molar-refractivity contribution in [2.24, 2.45) is 16.6 Å². The molecule has 2 rings (SSSR count). The number of aliphatic imine (C=N–C) groups is 1. The molecule has 1 aromatic rings. The van der Waals surface area contributed by atoms with Crippen LogP contribution in [0.4, 0.5) is 0 Å². The number of amides is 2. The number of hydrogen-bond acceptors (Lipinski definition) is 4. The van der Waals surface area contributed by atoms with Gasteiger partial charge in [0.25, 0.3) is 5.91 Å². The van der Waals surface area contributed by atoms with E-state index >= 15 is 0 Å². The van der Waals surface area contributed by atoms with Crippen molar-refractivity contribution in [2.45, 2.75) is 32.1 Å². The number of rotatable bonds is 10. The second kappa shape index (κ2) is 15.0. The molecule has 0 spiro atoms. The second-order valence-corrected chi connectivity index (χ2v) is 8.30. The zero-order chi connectivity index (χ0) is 22.6. The van der Waals surface area contributed by atoms with Crippen molar-refractivity contribution in [3.63, 3.8) is 0 Å². The predicted octanol–water partition coefficient (Wildman–Crippen LogP) is 1.69. The van der Waals surface area contributed by atoms with Gasteiger partial charge in [-0.3, -0.25) is 14.6 Å². The molecule has 1 aromatic carbocycles. The summed E-state index contributed by atoms with van der Waals surface area (Å²) in [5, 5.41) is 6.69. The van der Waals surface area contributed by atoms with Gasteiger partial charge in [-0.15, -0.1) is 24.0 Å². The molecule has 1 aliphatic heterocycles. The summed E-state index contributed by atoms with van der Waals surface area (Å²) in [4.78, 5) is 31.6. The Kier molecular flexibility index (Phi) is 13.2. The monoisotopic (exact) mass is 558 g/mol. The lowest BCUT2D eigenvalue weighted by atomic mass is 9.96. The summed E-state index contributed by atoms with van der Waals surface area (Å²) < 4.78 is 0. The summed E-state index contributed by atoms with van der Waals surface area (Å²) >= 11 is 0. The Morgan fingerprint density at radius 2 is 1.84 bits per heavy atom. The Balaban J connectivity index is 0.00000512. The predicted molar refractivity (Wildman–Crippen MR) is 141 cm³/mol. The second-order valence-electron chi connectivity index (χ2n) is 8.30. The summed E-state index contributed by atoms with van der Waals surface area (Å²) in [5.74, 6) is 0.716. The number of likely N-dealkylation sites (tertiary alicyclic amines) is 1. The summed E-state index contributed by atoms with van der Waals surface area (Å²) in [6.07, 6.45) is 4.76. The van der Waals surface area contributed by atoms with Crippen molar-refractivity contribution in [3.05, 3.63) is 35.4 Å². The van der Waals surface area contributed by atoms with Gasteiger partial charge in [-0.25, -0.2) is 0 Å². The van der Waals surface area contributed by atoms with Gasteiger partial charge in [-0.1, -0.05) is 12.1 Å². The first-order valence-corrected chi connectivity index (χ1v) is 11.2. The minimum atomic E-state index is -0.155. The Bertz CT molecular complexity index is 748. The van der Waals surface area contributed by atoms with E-state index in [1.54, 1.807) is 26.0 Å². The van der Waals surface area contributed by atoms with E-state index in [-0.39, 0.29) is 41.7 Å². The number of carbonyl (C=O) groups excluding carboxylic acids is 2. The van der Waals surface area contributed by atoms with Crippen molar-refractivity contribution in [2.75, 3.05) is 53.9 Å². The van der Waals surface area contributed by atoms with Gasteiger partial charge in [0, 0.05) is 45.7 Å². The topological polar surface area (TPSA) is 103 Å². The van der Waals surface area contributed by atoms with Gasteiger partial charge in [0.1, 0.15) is 0 Å². The van der Waals surface area contributed by atoms with Gasteiger partial charge in [0.15, 0.2) is 5.96 Å². The van der Waals surface area contributed by atoms with Crippen LogP contribution in [0.5, 0.6) is 0 Å². The fourth-order valence-corrected chi connectivity index (χ4v) is 3.77. The maximum Gasteiger partial charge on any atom is 0.253 e. The molecule has 1 aliphatic rings. The summed E-state index contributed by atoms with van der Waals surface area (Å²) in [5.41, 5.74) is 7.23. The van der Waals surface area contributed by atoms with Crippen LogP contribution in [-0.4, -0.2) is 81.4 Å². The summed E-state index contributed by atoms with van der Waals surface area (Å²) in [6.45, 7) is 4.59. The molecule has 32 heavy (non-hydrogen) atoms. The van der Waals surface area contributed by atoms with E-state index in [0.29, 0.717) is 5.56 Å². The molecular weight excluding hydrogens is 519 g/mol. The number of unbranched alkanes of at least 4 members (excludes halogenated alkanes) is 1. The van der Waals surface area contributed by atoms with Gasteiger partial charge < -0.3 is 26.2 Å². The molecule has 4 N–H and O–H groups in total. The van der Waals surface area contributed by atoms with Crippen molar-refractivity contribution in [1.29, 1.82) is 0 Å². The number of guanidine groups is 1. The number of piperidine rings is 1. The number of benzene rings is 1. The van der Waals surface area contributed by atoms with Gasteiger partial charge in [0.05, 0.1) is 0 Å². The molecule has 1 fully saturated rings. The molecule has 1 heterocycles. The minimum absolute atomic E-state index is 0. The minimum Gasteiger partial charge on any atom is -0.369 e. The Labute approximate surface area is 209 Å². The van der Waals surface area contributed by atoms with E-state index in [4.69, 9.17) is 5.73 Å². The molecule has 180 valence electrons. The van der Waals surface area contributed by atoms with Crippen molar-refractivity contribution in [1.82, 2.24) is 20.4 Å². The van der Waals surface area contributed by atoms with Crippen LogP contribution in [0.3, 0.4) is 0 Å². The number of nitrogens with two attached hydrogens (primary N) is 1. The molecule has 0 saturated carbocycles. The quantitative estimate of drug-likeness (QED) is 0.176. The molecule has 0 atom stereocenters. The van der Waals surface area contributed by atoms with Crippen LogP contribution < -0.4 is 16.4 Å². The molecule has 8 nitrogen and oxygen atoms in total. The van der Waals surface area contributed by atoms with E-state index in [1.165, 1.54) is 0 Å². The van der Waals surface area contributed by atoms with Crippen LogP contribution in [-0.2, 0) is 11.2 Å². The lowest BCUT2D eigenvalue weighted by Gasteiger charge is -2.30. The first-order chi connectivity index (χ1) is 14.9. The molecular formula is C23H39IN6O2. The first kappa shape index (κ1) is 28.2. The Morgan fingerprint density at radius 3 is 2.47 bits per heavy atom. The molecule has 2 amide bonds. The Morgan fingerprint density at radius 1 is 1.16 bits per heavy atom. The van der Waals surface area contributed by atoms with Crippen LogP contribution in [0, 0.1) is 5.92 Å². The number of carbonyl (C=O) groups is 2.